The third kappa shape index (κ3) is 4.40. The molecular weight excluding hydrogens is 388 g/mol. The van der Waals surface area contributed by atoms with E-state index < -0.39 is 15.6 Å². The normalized spacial score (nSPS) is 17.8. The molecule has 2 aromatic rings. The van der Waals surface area contributed by atoms with Crippen LogP contribution in [-0.2, 0) is 10.0 Å². The summed E-state index contributed by atoms with van der Waals surface area (Å²) in [6, 6.07) is 10.9. The maximum Gasteiger partial charge on any atom is 0.252 e. The van der Waals surface area contributed by atoms with Crippen molar-refractivity contribution in [1.82, 2.24) is 5.32 Å². The second-order valence-electron chi connectivity index (χ2n) is 8.31. The summed E-state index contributed by atoms with van der Waals surface area (Å²) in [6.45, 7) is 7.78. The number of hydrogen-bond donors (Lipinski definition) is 1. The number of sulfonamides is 1. The molecule has 29 heavy (non-hydrogen) atoms. The van der Waals surface area contributed by atoms with Crippen LogP contribution in [0, 0.1) is 13.8 Å². The number of benzene rings is 2. The van der Waals surface area contributed by atoms with Gasteiger partial charge in [0.2, 0.25) is 10.0 Å². The predicted octanol–water partition coefficient (Wildman–Crippen LogP) is 3.73. The molecule has 2 aromatic carbocycles. The van der Waals surface area contributed by atoms with Crippen LogP contribution in [0.15, 0.2) is 36.4 Å². The maximum absolute atomic E-state index is 13.1. The zero-order chi connectivity index (χ0) is 21.6. The summed E-state index contributed by atoms with van der Waals surface area (Å²) in [4.78, 5) is 13.1. The van der Waals surface area contributed by atoms with Gasteiger partial charge in [-0.2, -0.15) is 0 Å². The van der Waals surface area contributed by atoms with Gasteiger partial charge in [0.25, 0.3) is 5.91 Å². The highest BCUT2D eigenvalue weighted by Gasteiger charge is 2.35. The Hall–Kier alpha value is -2.54. The monoisotopic (exact) mass is 416 g/mol. The van der Waals surface area contributed by atoms with Crippen LogP contribution >= 0.6 is 0 Å². The molecule has 1 atom stereocenters. The first-order chi connectivity index (χ1) is 13.4. The van der Waals surface area contributed by atoms with E-state index in [0.29, 0.717) is 23.2 Å². The van der Waals surface area contributed by atoms with Gasteiger partial charge in [0, 0.05) is 24.6 Å². The summed E-state index contributed by atoms with van der Waals surface area (Å²) in [5, 5.41) is 3.13. The first-order valence-corrected chi connectivity index (χ1v) is 11.4. The average molecular weight is 417 g/mol. The molecule has 0 unspecified atom stereocenters. The van der Waals surface area contributed by atoms with Gasteiger partial charge in [-0.1, -0.05) is 18.2 Å². The summed E-state index contributed by atoms with van der Waals surface area (Å²) < 4.78 is 31.2. The number of aryl methyl sites for hydroxylation is 1. The van der Waals surface area contributed by atoms with Crippen molar-refractivity contribution in [1.29, 1.82) is 0 Å². The lowest BCUT2D eigenvalue weighted by Crippen LogP contribution is -2.41. The molecule has 0 saturated heterocycles. The zero-order valence-corrected chi connectivity index (χ0v) is 18.6. The molecule has 0 aromatic heterocycles. The fourth-order valence-electron chi connectivity index (χ4n) is 3.71. The van der Waals surface area contributed by atoms with Crippen LogP contribution in [0.4, 0.5) is 5.69 Å². The van der Waals surface area contributed by atoms with Crippen molar-refractivity contribution in [3.63, 3.8) is 0 Å². The number of anilines is 1. The van der Waals surface area contributed by atoms with Crippen molar-refractivity contribution in [3.05, 3.63) is 58.7 Å². The molecule has 1 heterocycles. The molecule has 1 aliphatic rings. The number of nitrogens with zero attached hydrogens (tertiary/aromatic N) is 1. The quantitative estimate of drug-likeness (QED) is 0.824. The highest BCUT2D eigenvalue weighted by molar-refractivity contribution is 7.92. The van der Waals surface area contributed by atoms with Crippen molar-refractivity contribution in [2.45, 2.75) is 45.8 Å². The highest BCUT2D eigenvalue weighted by atomic mass is 32.2. The molecule has 1 N–H and O–H groups in total. The van der Waals surface area contributed by atoms with Crippen LogP contribution in [0.5, 0.6) is 5.75 Å². The van der Waals surface area contributed by atoms with E-state index in [2.05, 4.69) is 5.32 Å². The molecule has 1 amide bonds. The van der Waals surface area contributed by atoms with Crippen LogP contribution in [0.25, 0.3) is 0 Å². The third-order valence-corrected chi connectivity index (χ3v) is 6.51. The first kappa shape index (κ1) is 21.2. The van der Waals surface area contributed by atoms with Crippen LogP contribution in [0.2, 0.25) is 0 Å². The predicted molar refractivity (Wildman–Crippen MR) is 115 cm³/mol. The van der Waals surface area contributed by atoms with Crippen molar-refractivity contribution in [2.75, 3.05) is 17.6 Å². The average Bonchev–Trinajstić information content (AvgIpc) is 2.59. The molecular formula is C22H28N2O4S. The van der Waals surface area contributed by atoms with Gasteiger partial charge < -0.3 is 10.1 Å². The standard InChI is InChI=1S/C22H28N2O4S/c1-14-10-11-17-18(13-22(3,4)28-20(17)12-14)23-21(25)16-8-7-9-19(15(16)2)24(5)29(6,26)27/h7-12,18H,13H2,1-6H3,(H,23,25)/t18-/m1/s1. The molecule has 6 nitrogen and oxygen atoms in total. The van der Waals surface area contributed by atoms with E-state index in [1.165, 1.54) is 11.4 Å². The van der Waals surface area contributed by atoms with Gasteiger partial charge in [0.15, 0.2) is 0 Å². The lowest BCUT2D eigenvalue weighted by Gasteiger charge is -2.38. The molecule has 0 spiro atoms. The Morgan fingerprint density at radius 3 is 2.55 bits per heavy atom. The van der Waals surface area contributed by atoms with E-state index in [9.17, 15) is 13.2 Å². The minimum absolute atomic E-state index is 0.197. The molecule has 1 aliphatic heterocycles. The van der Waals surface area contributed by atoms with E-state index in [-0.39, 0.29) is 11.9 Å². The Balaban J connectivity index is 1.94. The van der Waals surface area contributed by atoms with Gasteiger partial charge in [-0.25, -0.2) is 8.42 Å². The topological polar surface area (TPSA) is 75.7 Å². The summed E-state index contributed by atoms with van der Waals surface area (Å²) in [5.41, 5.74) is 3.20. The smallest absolute Gasteiger partial charge is 0.252 e. The van der Waals surface area contributed by atoms with Crippen molar-refractivity contribution in [3.8, 4) is 5.75 Å². The Bertz CT molecular complexity index is 1060. The highest BCUT2D eigenvalue weighted by Crippen LogP contribution is 2.40. The van der Waals surface area contributed by atoms with E-state index in [4.69, 9.17) is 4.74 Å². The fraction of sp³-hybridized carbons (Fsp3) is 0.409. The number of ether oxygens (including phenoxy) is 1. The molecule has 0 bridgehead atoms. The third-order valence-electron chi connectivity index (χ3n) is 5.32. The number of carbonyl (C=O) groups excluding carboxylic acids is 1. The second kappa shape index (κ2) is 7.37. The Kier molecular flexibility index (Phi) is 5.38. The summed E-state index contributed by atoms with van der Waals surface area (Å²) in [6.07, 6.45) is 1.78. The zero-order valence-electron chi connectivity index (χ0n) is 17.7. The number of rotatable bonds is 4. The van der Waals surface area contributed by atoms with Crippen molar-refractivity contribution in [2.24, 2.45) is 0 Å². The van der Waals surface area contributed by atoms with Gasteiger partial charge in [0.1, 0.15) is 11.4 Å². The van der Waals surface area contributed by atoms with Crippen molar-refractivity contribution < 1.29 is 17.9 Å². The SMILES string of the molecule is Cc1ccc2c(c1)OC(C)(C)C[C@H]2NC(=O)c1cccc(N(C)S(C)(=O)=O)c1C. The number of carbonyl (C=O) groups is 1. The summed E-state index contributed by atoms with van der Waals surface area (Å²) >= 11 is 0. The second-order valence-corrected chi connectivity index (χ2v) is 10.3. The maximum atomic E-state index is 13.1. The Morgan fingerprint density at radius 1 is 1.21 bits per heavy atom. The molecule has 156 valence electrons. The van der Waals surface area contributed by atoms with Gasteiger partial charge in [-0.15, -0.1) is 0 Å². The molecule has 3 rings (SSSR count). The number of fused-ring (bicyclic) bond motifs is 1. The Labute approximate surface area is 172 Å². The number of amides is 1. The lowest BCUT2D eigenvalue weighted by atomic mass is 9.89. The lowest BCUT2D eigenvalue weighted by molar-refractivity contribution is 0.0619. The number of nitrogens with one attached hydrogen (secondary N) is 1. The number of hydrogen-bond acceptors (Lipinski definition) is 4. The molecule has 7 heteroatoms. The summed E-state index contributed by atoms with van der Waals surface area (Å²) in [5.74, 6) is 0.550. The van der Waals surface area contributed by atoms with Crippen LogP contribution in [0.3, 0.4) is 0 Å². The molecule has 0 saturated carbocycles. The van der Waals surface area contributed by atoms with E-state index in [0.717, 1.165) is 23.1 Å². The minimum Gasteiger partial charge on any atom is -0.487 e. The van der Waals surface area contributed by atoms with Crippen LogP contribution in [-0.4, -0.2) is 33.2 Å². The fourth-order valence-corrected chi connectivity index (χ4v) is 4.27. The van der Waals surface area contributed by atoms with Gasteiger partial charge in [0.05, 0.1) is 18.0 Å². The van der Waals surface area contributed by atoms with Gasteiger partial charge >= 0.3 is 0 Å². The molecule has 0 fully saturated rings. The molecule has 0 aliphatic carbocycles. The van der Waals surface area contributed by atoms with Crippen molar-refractivity contribution >= 4 is 21.6 Å². The van der Waals surface area contributed by atoms with E-state index in [1.807, 2.05) is 39.0 Å². The largest absolute Gasteiger partial charge is 0.487 e. The van der Waals surface area contributed by atoms with Crippen LogP contribution in [0.1, 0.15) is 53.4 Å². The minimum atomic E-state index is -3.42. The van der Waals surface area contributed by atoms with Gasteiger partial charge in [-0.05, 0) is 57.0 Å². The summed E-state index contributed by atoms with van der Waals surface area (Å²) in [7, 11) is -1.94. The first-order valence-electron chi connectivity index (χ1n) is 9.53. The van der Waals surface area contributed by atoms with E-state index >= 15 is 0 Å². The van der Waals surface area contributed by atoms with E-state index in [1.54, 1.807) is 25.1 Å². The van der Waals surface area contributed by atoms with Gasteiger partial charge in [-0.3, -0.25) is 9.10 Å². The van der Waals surface area contributed by atoms with Crippen LogP contribution < -0.4 is 14.4 Å². The Morgan fingerprint density at radius 2 is 1.90 bits per heavy atom. The molecule has 0 radical (unpaired) electrons.